The van der Waals surface area contributed by atoms with Gasteiger partial charge < -0.3 is 5.73 Å². The van der Waals surface area contributed by atoms with Gasteiger partial charge in [0.05, 0.1) is 5.56 Å². The summed E-state index contributed by atoms with van der Waals surface area (Å²) in [4.78, 5) is 3.99. The number of aromatic nitrogens is 3. The van der Waals surface area contributed by atoms with Crippen LogP contribution in [0.4, 0.5) is 10.2 Å². The molecule has 106 valence electrons. The third kappa shape index (κ3) is 2.42. The molecule has 0 fully saturated rings. The highest BCUT2D eigenvalue weighted by molar-refractivity contribution is 9.10. The lowest BCUT2D eigenvalue weighted by molar-refractivity contribution is 0.629. The van der Waals surface area contributed by atoms with Crippen LogP contribution >= 0.6 is 15.9 Å². The van der Waals surface area contributed by atoms with Gasteiger partial charge in [0.15, 0.2) is 0 Å². The van der Waals surface area contributed by atoms with Crippen LogP contribution in [0.2, 0.25) is 0 Å². The van der Waals surface area contributed by atoms with Crippen molar-refractivity contribution in [1.29, 1.82) is 0 Å². The van der Waals surface area contributed by atoms with Crippen LogP contribution in [0.1, 0.15) is 0 Å². The van der Waals surface area contributed by atoms with E-state index in [1.54, 1.807) is 36.3 Å². The number of hydrogen-bond acceptors (Lipinski definition) is 3. The lowest BCUT2D eigenvalue weighted by Gasteiger charge is -2.05. The largest absolute Gasteiger partial charge is 0.383 e. The topological polar surface area (TPSA) is 56.7 Å². The summed E-state index contributed by atoms with van der Waals surface area (Å²) in [5, 5.41) is 4.36. The first-order chi connectivity index (χ1) is 10.1. The summed E-state index contributed by atoms with van der Waals surface area (Å²) in [5.74, 6) is 0.135. The standard InChI is InChI=1S/C15H12BrFN4/c1-21-15(18)13(9-4-6-19-7-5-9)14(20-21)11-3-2-10(16)8-12(11)17/h2-8H,18H2,1H3. The van der Waals surface area contributed by atoms with Crippen LogP contribution in [-0.4, -0.2) is 14.8 Å². The number of aryl methyl sites for hydroxylation is 1. The van der Waals surface area contributed by atoms with Crippen molar-refractivity contribution in [2.75, 3.05) is 5.73 Å². The zero-order valence-corrected chi connectivity index (χ0v) is 12.8. The van der Waals surface area contributed by atoms with E-state index >= 15 is 0 Å². The lowest BCUT2D eigenvalue weighted by Crippen LogP contribution is -1.97. The first-order valence-electron chi connectivity index (χ1n) is 6.26. The number of anilines is 1. The molecule has 0 saturated heterocycles. The predicted octanol–water partition coefficient (Wildman–Crippen LogP) is 3.63. The minimum absolute atomic E-state index is 0.349. The molecular formula is C15H12BrFN4. The highest BCUT2D eigenvalue weighted by atomic mass is 79.9. The molecule has 0 spiro atoms. The van der Waals surface area contributed by atoms with Crippen molar-refractivity contribution in [1.82, 2.24) is 14.8 Å². The Kier molecular flexibility index (Phi) is 3.47. The summed E-state index contributed by atoms with van der Waals surface area (Å²) in [6.07, 6.45) is 3.34. The van der Waals surface area contributed by atoms with Crippen molar-refractivity contribution in [2.24, 2.45) is 7.05 Å². The second-order valence-electron chi connectivity index (χ2n) is 4.59. The third-order valence-corrected chi connectivity index (χ3v) is 3.74. The van der Waals surface area contributed by atoms with E-state index in [1.807, 2.05) is 12.1 Å². The van der Waals surface area contributed by atoms with E-state index in [0.717, 1.165) is 5.56 Å². The van der Waals surface area contributed by atoms with Crippen molar-refractivity contribution in [3.63, 3.8) is 0 Å². The van der Waals surface area contributed by atoms with Gasteiger partial charge in [-0.05, 0) is 35.9 Å². The Morgan fingerprint density at radius 1 is 1.19 bits per heavy atom. The molecule has 0 aliphatic carbocycles. The fourth-order valence-electron chi connectivity index (χ4n) is 2.21. The molecule has 0 bridgehead atoms. The smallest absolute Gasteiger partial charge is 0.133 e. The summed E-state index contributed by atoms with van der Waals surface area (Å²) < 4.78 is 16.5. The Morgan fingerprint density at radius 2 is 1.90 bits per heavy atom. The van der Waals surface area contributed by atoms with Crippen molar-refractivity contribution in [2.45, 2.75) is 0 Å². The van der Waals surface area contributed by atoms with Crippen molar-refractivity contribution >= 4 is 21.7 Å². The van der Waals surface area contributed by atoms with Gasteiger partial charge in [-0.15, -0.1) is 0 Å². The Balaban J connectivity index is 2.27. The second-order valence-corrected chi connectivity index (χ2v) is 5.51. The van der Waals surface area contributed by atoms with E-state index in [9.17, 15) is 4.39 Å². The Hall–Kier alpha value is -2.21. The van der Waals surface area contributed by atoms with Gasteiger partial charge in [0.25, 0.3) is 0 Å². The summed E-state index contributed by atoms with van der Waals surface area (Å²) >= 11 is 3.25. The molecule has 4 nitrogen and oxygen atoms in total. The number of rotatable bonds is 2. The molecule has 6 heteroatoms. The monoisotopic (exact) mass is 346 g/mol. The van der Waals surface area contributed by atoms with E-state index < -0.39 is 0 Å². The molecule has 0 radical (unpaired) electrons. The van der Waals surface area contributed by atoms with E-state index in [4.69, 9.17) is 5.73 Å². The Bertz CT molecular complexity index is 799. The van der Waals surface area contributed by atoms with Crippen molar-refractivity contribution < 1.29 is 4.39 Å². The van der Waals surface area contributed by atoms with Crippen molar-refractivity contribution in [3.05, 3.63) is 53.0 Å². The first-order valence-corrected chi connectivity index (χ1v) is 7.05. The van der Waals surface area contributed by atoms with Crippen LogP contribution in [0.5, 0.6) is 0 Å². The van der Waals surface area contributed by atoms with Gasteiger partial charge in [0.2, 0.25) is 0 Å². The van der Waals surface area contributed by atoms with Gasteiger partial charge >= 0.3 is 0 Å². The number of nitrogens with two attached hydrogens (primary N) is 1. The molecule has 0 saturated carbocycles. The molecule has 0 aliphatic heterocycles. The van der Waals surface area contributed by atoms with Crippen LogP contribution in [0.25, 0.3) is 22.4 Å². The molecule has 2 aromatic heterocycles. The van der Waals surface area contributed by atoms with Crippen LogP contribution in [0.15, 0.2) is 47.2 Å². The third-order valence-electron chi connectivity index (χ3n) is 3.25. The first kappa shape index (κ1) is 13.8. The molecular weight excluding hydrogens is 335 g/mol. The van der Waals surface area contributed by atoms with Crippen LogP contribution in [0.3, 0.4) is 0 Å². The van der Waals surface area contributed by atoms with E-state index in [-0.39, 0.29) is 5.82 Å². The zero-order chi connectivity index (χ0) is 15.0. The number of nitrogen functional groups attached to an aromatic ring is 1. The summed E-state index contributed by atoms with van der Waals surface area (Å²) in [6.45, 7) is 0. The van der Waals surface area contributed by atoms with Gasteiger partial charge in [-0.2, -0.15) is 5.10 Å². The number of nitrogens with zero attached hydrogens (tertiary/aromatic N) is 3. The Morgan fingerprint density at radius 3 is 2.57 bits per heavy atom. The molecule has 0 amide bonds. The Labute approximate surface area is 129 Å². The summed E-state index contributed by atoms with van der Waals surface area (Å²) in [7, 11) is 1.74. The molecule has 21 heavy (non-hydrogen) atoms. The average Bonchev–Trinajstić information content (AvgIpc) is 2.75. The molecule has 0 aliphatic rings. The van der Waals surface area contributed by atoms with Crippen LogP contribution in [0, 0.1) is 5.82 Å². The fourth-order valence-corrected chi connectivity index (χ4v) is 2.54. The molecule has 0 unspecified atom stereocenters. The zero-order valence-electron chi connectivity index (χ0n) is 11.2. The average molecular weight is 347 g/mol. The molecule has 1 aromatic carbocycles. The minimum atomic E-state index is -0.349. The number of benzene rings is 1. The lowest BCUT2D eigenvalue weighted by atomic mass is 10.0. The maximum Gasteiger partial charge on any atom is 0.133 e. The molecule has 3 rings (SSSR count). The highest BCUT2D eigenvalue weighted by Gasteiger charge is 2.19. The molecule has 0 atom stereocenters. The molecule has 2 N–H and O–H groups in total. The van der Waals surface area contributed by atoms with E-state index in [0.29, 0.717) is 27.1 Å². The quantitative estimate of drug-likeness (QED) is 0.770. The van der Waals surface area contributed by atoms with Gasteiger partial charge in [-0.3, -0.25) is 9.67 Å². The van der Waals surface area contributed by atoms with E-state index in [2.05, 4.69) is 26.0 Å². The number of hydrogen-bond donors (Lipinski definition) is 1. The maximum absolute atomic E-state index is 14.2. The number of halogens is 2. The van der Waals surface area contributed by atoms with E-state index in [1.165, 1.54) is 6.07 Å². The van der Waals surface area contributed by atoms with Gasteiger partial charge in [0.1, 0.15) is 17.3 Å². The van der Waals surface area contributed by atoms with Crippen LogP contribution < -0.4 is 5.73 Å². The fraction of sp³-hybridized carbons (Fsp3) is 0.0667. The van der Waals surface area contributed by atoms with Gasteiger partial charge in [0, 0.05) is 29.5 Å². The van der Waals surface area contributed by atoms with Crippen molar-refractivity contribution in [3.8, 4) is 22.4 Å². The molecule has 2 heterocycles. The van der Waals surface area contributed by atoms with Gasteiger partial charge in [-0.25, -0.2) is 4.39 Å². The number of pyridine rings is 1. The summed E-state index contributed by atoms with van der Waals surface area (Å²) in [5.41, 5.74) is 8.60. The maximum atomic E-state index is 14.2. The molecule has 3 aromatic rings. The second kappa shape index (κ2) is 5.29. The predicted molar refractivity (Wildman–Crippen MR) is 83.9 cm³/mol. The summed E-state index contributed by atoms with van der Waals surface area (Å²) in [6, 6.07) is 8.53. The van der Waals surface area contributed by atoms with Gasteiger partial charge in [-0.1, -0.05) is 15.9 Å². The van der Waals surface area contributed by atoms with Crippen LogP contribution in [-0.2, 0) is 7.05 Å². The SMILES string of the molecule is Cn1nc(-c2ccc(Br)cc2F)c(-c2ccncc2)c1N. The minimum Gasteiger partial charge on any atom is -0.383 e. The normalized spacial score (nSPS) is 10.8. The highest BCUT2D eigenvalue weighted by Crippen LogP contribution is 2.37.